The monoisotopic (exact) mass is 572 g/mol. The molecule has 5 rings (SSSR count). The molecule has 0 aliphatic carbocycles. The van der Waals surface area contributed by atoms with Crippen molar-refractivity contribution in [3.8, 4) is 5.75 Å². The Morgan fingerprint density at radius 1 is 1.14 bits per heavy atom. The maximum absolute atomic E-state index is 13.1. The van der Waals surface area contributed by atoms with Crippen molar-refractivity contribution >= 4 is 40.7 Å². The van der Waals surface area contributed by atoms with Crippen molar-refractivity contribution in [2.24, 2.45) is 5.84 Å². The molecule has 2 aliphatic rings. The van der Waals surface area contributed by atoms with Crippen molar-refractivity contribution in [3.63, 3.8) is 0 Å². The molecule has 11 heteroatoms. The number of para-hydroxylation sites is 1. The zero-order valence-corrected chi connectivity index (χ0v) is 24.1. The molecule has 0 unspecified atom stereocenters. The number of H-pyrrole nitrogens is 1. The van der Waals surface area contributed by atoms with E-state index in [1.807, 2.05) is 0 Å². The average molecular weight is 573 g/mol. The molecule has 0 atom stereocenters. The summed E-state index contributed by atoms with van der Waals surface area (Å²) in [6.07, 6.45) is 4.95. The lowest BCUT2D eigenvalue weighted by atomic mass is 10.0. The van der Waals surface area contributed by atoms with Gasteiger partial charge in [0.05, 0.1) is 36.1 Å². The zero-order chi connectivity index (χ0) is 29.8. The zero-order valence-electron chi connectivity index (χ0n) is 24.1. The Kier molecular flexibility index (Phi) is 8.72. The van der Waals surface area contributed by atoms with E-state index in [2.05, 4.69) is 20.5 Å². The van der Waals surface area contributed by atoms with Gasteiger partial charge in [-0.05, 0) is 82.1 Å². The molecule has 5 N–H and O–H groups in total. The number of aryl methyl sites for hydroxylation is 1. The van der Waals surface area contributed by atoms with Crippen molar-refractivity contribution in [2.75, 3.05) is 44.0 Å². The topological polar surface area (TPSA) is 142 Å². The number of benzene rings is 2. The van der Waals surface area contributed by atoms with Gasteiger partial charge in [-0.2, -0.15) is 0 Å². The molecule has 2 aliphatic heterocycles. The summed E-state index contributed by atoms with van der Waals surface area (Å²) in [5.41, 5.74) is 4.89. The minimum absolute atomic E-state index is 0.292. The first-order valence-corrected chi connectivity index (χ1v) is 14.0. The standard InChI is InChI=1S/C31H36N6O5/c1-19-25(33-20(2)28(19)31(40)37(32)42-16-8-15-36-13-6-7-14-36)18-24-22-12-11-21(17-26(22)35-30(24)39)34-29(38)23-9-4-5-10-27(23)41-3/h4-5,9-12,17-18,33H,6-8,13-16,32H2,1-3H3,(H,34,38)(H,35,39)/b24-18-. The Morgan fingerprint density at radius 2 is 1.90 bits per heavy atom. The van der Waals surface area contributed by atoms with Crippen LogP contribution in [0.1, 0.15) is 62.5 Å². The van der Waals surface area contributed by atoms with Crippen LogP contribution < -0.4 is 21.2 Å². The lowest BCUT2D eigenvalue weighted by molar-refractivity contribution is -0.127. The molecule has 220 valence electrons. The Morgan fingerprint density at radius 3 is 2.67 bits per heavy atom. The van der Waals surface area contributed by atoms with Crippen LogP contribution in [0.15, 0.2) is 42.5 Å². The number of aromatic nitrogens is 1. The normalized spacial score (nSPS) is 15.5. The van der Waals surface area contributed by atoms with E-state index >= 15 is 0 Å². The number of nitrogens with two attached hydrogens (primary N) is 1. The summed E-state index contributed by atoms with van der Waals surface area (Å²) in [5, 5.41) is 6.51. The van der Waals surface area contributed by atoms with Gasteiger partial charge in [-0.15, -0.1) is 5.17 Å². The number of amides is 3. The molecule has 1 aromatic heterocycles. The number of aromatic amines is 1. The number of methoxy groups -OCH3 is 1. The van der Waals surface area contributed by atoms with Crippen LogP contribution in [0.2, 0.25) is 0 Å². The van der Waals surface area contributed by atoms with Gasteiger partial charge in [-0.25, -0.2) is 5.84 Å². The average Bonchev–Trinajstić information content (AvgIpc) is 3.68. The minimum Gasteiger partial charge on any atom is -0.496 e. The van der Waals surface area contributed by atoms with Gasteiger partial charge in [0.25, 0.3) is 17.7 Å². The fraction of sp³-hybridized carbons (Fsp3) is 0.323. The van der Waals surface area contributed by atoms with E-state index in [0.29, 0.717) is 62.9 Å². The van der Waals surface area contributed by atoms with E-state index in [-0.39, 0.29) is 11.8 Å². The van der Waals surface area contributed by atoms with Crippen molar-refractivity contribution in [1.82, 2.24) is 15.1 Å². The van der Waals surface area contributed by atoms with Crippen molar-refractivity contribution in [1.29, 1.82) is 0 Å². The summed E-state index contributed by atoms with van der Waals surface area (Å²) in [6.45, 7) is 7.06. The first kappa shape index (κ1) is 29.1. The van der Waals surface area contributed by atoms with Gasteiger partial charge < -0.3 is 25.3 Å². The highest BCUT2D eigenvalue weighted by molar-refractivity contribution is 6.35. The number of ether oxygens (including phenoxy) is 1. The molecule has 3 heterocycles. The highest BCUT2D eigenvalue weighted by Gasteiger charge is 2.27. The number of nitrogens with zero attached hydrogens (tertiary/aromatic N) is 2. The molecule has 3 aromatic rings. The van der Waals surface area contributed by atoms with Crippen molar-refractivity contribution in [2.45, 2.75) is 33.1 Å². The number of fused-ring (bicyclic) bond motifs is 1. The summed E-state index contributed by atoms with van der Waals surface area (Å²) in [6, 6.07) is 12.1. The van der Waals surface area contributed by atoms with Crippen molar-refractivity contribution < 1.29 is 24.0 Å². The smallest absolute Gasteiger partial charge is 0.294 e. The maximum Gasteiger partial charge on any atom is 0.294 e. The van der Waals surface area contributed by atoms with Gasteiger partial charge in [-0.3, -0.25) is 19.2 Å². The molecule has 42 heavy (non-hydrogen) atoms. The molecule has 1 fully saturated rings. The van der Waals surface area contributed by atoms with Crippen LogP contribution in [0, 0.1) is 13.8 Å². The number of anilines is 2. The highest BCUT2D eigenvalue weighted by atomic mass is 16.7. The molecule has 3 amide bonds. The van der Waals surface area contributed by atoms with Gasteiger partial charge in [0.15, 0.2) is 0 Å². The van der Waals surface area contributed by atoms with Crippen LogP contribution >= 0.6 is 0 Å². The summed E-state index contributed by atoms with van der Waals surface area (Å²) in [5.74, 6) is 5.34. The maximum atomic E-state index is 13.1. The molecule has 0 saturated carbocycles. The Bertz CT molecular complexity index is 1540. The fourth-order valence-corrected chi connectivity index (χ4v) is 5.46. The number of hydrogen-bond acceptors (Lipinski definition) is 7. The Balaban J connectivity index is 1.28. The first-order chi connectivity index (χ1) is 20.3. The van der Waals surface area contributed by atoms with Gasteiger partial charge in [0.2, 0.25) is 0 Å². The van der Waals surface area contributed by atoms with E-state index in [4.69, 9.17) is 15.4 Å². The van der Waals surface area contributed by atoms with Gasteiger partial charge >= 0.3 is 0 Å². The Hall–Kier alpha value is -4.45. The van der Waals surface area contributed by atoms with Gasteiger partial charge in [0, 0.05) is 29.2 Å². The first-order valence-electron chi connectivity index (χ1n) is 14.0. The van der Waals surface area contributed by atoms with E-state index in [1.54, 1.807) is 62.4 Å². The van der Waals surface area contributed by atoms with Crippen LogP contribution in [0.3, 0.4) is 0 Å². The lowest BCUT2D eigenvalue weighted by Crippen LogP contribution is -2.38. The molecule has 11 nitrogen and oxygen atoms in total. The fourth-order valence-electron chi connectivity index (χ4n) is 5.46. The number of nitrogens with one attached hydrogen (secondary N) is 3. The second-order valence-corrected chi connectivity index (χ2v) is 10.5. The highest BCUT2D eigenvalue weighted by Crippen LogP contribution is 2.36. The third kappa shape index (κ3) is 6.08. The Labute approximate surface area is 244 Å². The number of carbonyl (C=O) groups is 3. The van der Waals surface area contributed by atoms with Crippen LogP contribution in [-0.2, 0) is 9.63 Å². The molecule has 0 spiro atoms. The van der Waals surface area contributed by atoms with Crippen LogP contribution in [0.5, 0.6) is 5.75 Å². The van der Waals surface area contributed by atoms with Crippen LogP contribution in [0.4, 0.5) is 11.4 Å². The van der Waals surface area contributed by atoms with E-state index < -0.39 is 5.91 Å². The number of likely N-dealkylation sites (tertiary alicyclic amines) is 1. The van der Waals surface area contributed by atoms with Gasteiger partial charge in [-0.1, -0.05) is 18.2 Å². The number of hydrogen-bond donors (Lipinski definition) is 4. The van der Waals surface area contributed by atoms with E-state index in [1.165, 1.54) is 20.0 Å². The lowest BCUT2D eigenvalue weighted by Gasteiger charge is -2.18. The largest absolute Gasteiger partial charge is 0.496 e. The molecular weight excluding hydrogens is 536 g/mol. The SMILES string of the molecule is COc1ccccc1C(=O)Nc1ccc2c(c1)NC(=O)/C2=C\c1[nH]c(C)c(C(=O)N(N)OCCCN2CCCC2)c1C. The molecule has 0 radical (unpaired) electrons. The predicted octanol–water partition coefficient (Wildman–Crippen LogP) is 4.12. The predicted molar refractivity (Wildman–Crippen MR) is 161 cm³/mol. The van der Waals surface area contributed by atoms with Crippen LogP contribution in [0.25, 0.3) is 11.6 Å². The summed E-state index contributed by atoms with van der Waals surface area (Å²) in [4.78, 5) is 50.0. The second kappa shape index (κ2) is 12.6. The molecule has 0 bridgehead atoms. The van der Waals surface area contributed by atoms with Crippen LogP contribution in [-0.4, -0.2) is 66.1 Å². The molecule has 1 saturated heterocycles. The van der Waals surface area contributed by atoms with Crippen molar-refractivity contribution in [3.05, 3.63) is 76.1 Å². The van der Waals surface area contributed by atoms with Gasteiger partial charge in [0.1, 0.15) is 5.75 Å². The second-order valence-electron chi connectivity index (χ2n) is 10.5. The summed E-state index contributed by atoms with van der Waals surface area (Å²) in [7, 11) is 1.51. The van der Waals surface area contributed by atoms with E-state index in [9.17, 15) is 14.4 Å². The number of hydrazine groups is 1. The summed E-state index contributed by atoms with van der Waals surface area (Å²) >= 11 is 0. The number of carbonyl (C=O) groups excluding carboxylic acids is 3. The quantitative estimate of drug-likeness (QED) is 0.0941. The van der Waals surface area contributed by atoms with E-state index in [0.717, 1.165) is 31.2 Å². The molecule has 2 aromatic carbocycles. The number of hydroxylamine groups is 1. The third-order valence-corrected chi connectivity index (χ3v) is 7.64. The molecular formula is C31H36N6O5. The minimum atomic E-state index is -0.459. The number of rotatable bonds is 10. The summed E-state index contributed by atoms with van der Waals surface area (Å²) < 4.78 is 5.28. The third-order valence-electron chi connectivity index (χ3n) is 7.64.